The molecule has 1 aliphatic heterocycles. The lowest BCUT2D eigenvalue weighted by atomic mass is 10.2. The Labute approximate surface area is 119 Å². The molecule has 1 aromatic carbocycles. The van der Waals surface area contributed by atoms with Crippen LogP contribution in [-0.2, 0) is 9.53 Å². The number of carbonyl (C=O) groups excluding carboxylic acids is 1. The van der Waals surface area contributed by atoms with Crippen LogP contribution in [0.4, 0.5) is 0 Å². The number of ether oxygens (including phenoxy) is 2. The highest BCUT2D eigenvalue weighted by Gasteiger charge is 2.21. The van der Waals surface area contributed by atoms with E-state index in [1.54, 1.807) is 0 Å². The van der Waals surface area contributed by atoms with Gasteiger partial charge in [0, 0.05) is 19.6 Å². The van der Waals surface area contributed by atoms with Gasteiger partial charge in [0.1, 0.15) is 12.4 Å². The van der Waals surface area contributed by atoms with Crippen molar-refractivity contribution in [1.29, 1.82) is 0 Å². The number of rotatable bonds is 6. The SMILES string of the molecule is CC(NCCOc1ccccc1)C(=O)N1CCOCC1. The van der Waals surface area contributed by atoms with Gasteiger partial charge in [0.2, 0.25) is 5.91 Å². The Morgan fingerprint density at radius 1 is 1.35 bits per heavy atom. The zero-order chi connectivity index (χ0) is 14.2. The van der Waals surface area contributed by atoms with Crippen LogP contribution in [0.1, 0.15) is 6.92 Å². The number of benzene rings is 1. The number of hydrogen-bond donors (Lipinski definition) is 1. The molecule has 5 heteroatoms. The normalized spacial score (nSPS) is 16.8. The van der Waals surface area contributed by atoms with Crippen LogP contribution in [0.2, 0.25) is 0 Å². The first kappa shape index (κ1) is 14.8. The highest BCUT2D eigenvalue weighted by Crippen LogP contribution is 2.07. The molecule has 1 saturated heterocycles. The number of nitrogens with zero attached hydrogens (tertiary/aromatic N) is 1. The number of para-hydroxylation sites is 1. The van der Waals surface area contributed by atoms with E-state index in [2.05, 4.69) is 5.32 Å². The van der Waals surface area contributed by atoms with E-state index in [0.29, 0.717) is 39.5 Å². The van der Waals surface area contributed by atoms with Crippen molar-refractivity contribution < 1.29 is 14.3 Å². The lowest BCUT2D eigenvalue weighted by Crippen LogP contribution is -2.49. The molecule has 5 nitrogen and oxygen atoms in total. The first-order valence-corrected chi connectivity index (χ1v) is 7.05. The summed E-state index contributed by atoms with van der Waals surface area (Å²) in [6.07, 6.45) is 0. The minimum Gasteiger partial charge on any atom is -0.492 e. The van der Waals surface area contributed by atoms with Crippen LogP contribution in [0.3, 0.4) is 0 Å². The third-order valence-electron chi connectivity index (χ3n) is 3.26. The molecule has 1 atom stereocenters. The predicted octanol–water partition coefficient (Wildman–Crippen LogP) is 0.902. The Balaban J connectivity index is 1.64. The Kier molecular flexibility index (Phi) is 5.83. The molecule has 1 heterocycles. The lowest BCUT2D eigenvalue weighted by Gasteiger charge is -2.29. The van der Waals surface area contributed by atoms with Gasteiger partial charge in [0.15, 0.2) is 0 Å². The molecular weight excluding hydrogens is 256 g/mol. The summed E-state index contributed by atoms with van der Waals surface area (Å²) in [4.78, 5) is 14.0. The summed E-state index contributed by atoms with van der Waals surface area (Å²) >= 11 is 0. The molecule has 0 aromatic heterocycles. The molecule has 1 unspecified atom stereocenters. The van der Waals surface area contributed by atoms with Gasteiger partial charge in [-0.05, 0) is 19.1 Å². The number of amides is 1. The van der Waals surface area contributed by atoms with E-state index in [4.69, 9.17) is 9.47 Å². The second kappa shape index (κ2) is 7.87. The molecule has 0 bridgehead atoms. The van der Waals surface area contributed by atoms with Gasteiger partial charge in [-0.15, -0.1) is 0 Å². The van der Waals surface area contributed by atoms with Crippen molar-refractivity contribution in [2.24, 2.45) is 0 Å². The topological polar surface area (TPSA) is 50.8 Å². The standard InChI is InChI=1S/C15H22N2O3/c1-13(15(18)17-8-11-19-12-9-17)16-7-10-20-14-5-3-2-4-6-14/h2-6,13,16H,7-12H2,1H3. The number of hydrogen-bond acceptors (Lipinski definition) is 4. The lowest BCUT2D eigenvalue weighted by molar-refractivity contribution is -0.137. The number of carbonyl (C=O) groups is 1. The molecule has 0 radical (unpaired) electrons. The monoisotopic (exact) mass is 278 g/mol. The quantitative estimate of drug-likeness (QED) is 0.786. The van der Waals surface area contributed by atoms with E-state index in [0.717, 1.165) is 5.75 Å². The summed E-state index contributed by atoms with van der Waals surface area (Å²) in [6, 6.07) is 9.48. The second-order valence-electron chi connectivity index (χ2n) is 4.77. The van der Waals surface area contributed by atoms with Gasteiger partial charge in [-0.25, -0.2) is 0 Å². The average Bonchev–Trinajstić information content (AvgIpc) is 2.52. The van der Waals surface area contributed by atoms with Crippen molar-refractivity contribution in [3.63, 3.8) is 0 Å². The maximum Gasteiger partial charge on any atom is 0.239 e. The van der Waals surface area contributed by atoms with E-state index >= 15 is 0 Å². The van der Waals surface area contributed by atoms with Crippen molar-refractivity contribution >= 4 is 5.91 Å². The molecule has 0 saturated carbocycles. The Morgan fingerprint density at radius 2 is 2.05 bits per heavy atom. The molecule has 1 amide bonds. The first-order valence-electron chi connectivity index (χ1n) is 7.05. The first-order chi connectivity index (χ1) is 9.77. The molecule has 110 valence electrons. The van der Waals surface area contributed by atoms with E-state index in [1.807, 2.05) is 42.2 Å². The van der Waals surface area contributed by atoms with Crippen molar-refractivity contribution in [3.05, 3.63) is 30.3 Å². The van der Waals surface area contributed by atoms with Crippen LogP contribution in [0.5, 0.6) is 5.75 Å². The van der Waals surface area contributed by atoms with E-state index in [9.17, 15) is 4.79 Å². The van der Waals surface area contributed by atoms with Crippen molar-refractivity contribution in [1.82, 2.24) is 10.2 Å². The Hall–Kier alpha value is -1.59. The Morgan fingerprint density at radius 3 is 2.75 bits per heavy atom. The minimum atomic E-state index is -0.188. The number of morpholine rings is 1. The van der Waals surface area contributed by atoms with Crippen molar-refractivity contribution in [2.45, 2.75) is 13.0 Å². The summed E-state index contributed by atoms with van der Waals surface area (Å²) < 4.78 is 10.8. The Bertz CT molecular complexity index is 405. The van der Waals surface area contributed by atoms with E-state index < -0.39 is 0 Å². The molecule has 2 rings (SSSR count). The van der Waals surface area contributed by atoms with Gasteiger partial charge >= 0.3 is 0 Å². The third kappa shape index (κ3) is 4.51. The fraction of sp³-hybridized carbons (Fsp3) is 0.533. The molecule has 1 aliphatic rings. The maximum atomic E-state index is 12.1. The predicted molar refractivity (Wildman–Crippen MR) is 76.8 cm³/mol. The molecule has 0 spiro atoms. The van der Waals surface area contributed by atoms with Gasteiger partial charge in [-0.1, -0.05) is 18.2 Å². The largest absolute Gasteiger partial charge is 0.492 e. The van der Waals surface area contributed by atoms with Crippen molar-refractivity contribution in [2.75, 3.05) is 39.5 Å². The highest BCUT2D eigenvalue weighted by atomic mass is 16.5. The van der Waals surface area contributed by atoms with Crippen molar-refractivity contribution in [3.8, 4) is 5.75 Å². The summed E-state index contributed by atoms with van der Waals surface area (Å²) in [6.45, 7) is 5.72. The number of nitrogens with one attached hydrogen (secondary N) is 1. The van der Waals surface area contributed by atoms with Crippen LogP contribution < -0.4 is 10.1 Å². The molecule has 1 fully saturated rings. The molecule has 20 heavy (non-hydrogen) atoms. The summed E-state index contributed by atoms with van der Waals surface area (Å²) in [5.74, 6) is 0.981. The third-order valence-corrected chi connectivity index (χ3v) is 3.26. The van der Waals surface area contributed by atoms with Crippen LogP contribution in [0, 0.1) is 0 Å². The second-order valence-corrected chi connectivity index (χ2v) is 4.77. The fourth-order valence-corrected chi connectivity index (χ4v) is 2.11. The summed E-state index contributed by atoms with van der Waals surface area (Å²) in [5.41, 5.74) is 0. The van der Waals surface area contributed by atoms with E-state index in [-0.39, 0.29) is 11.9 Å². The minimum absolute atomic E-state index is 0.132. The molecular formula is C15H22N2O3. The van der Waals surface area contributed by atoms with Crippen LogP contribution in [-0.4, -0.2) is 56.3 Å². The molecule has 1 aromatic rings. The van der Waals surface area contributed by atoms with E-state index in [1.165, 1.54) is 0 Å². The zero-order valence-electron chi connectivity index (χ0n) is 11.9. The van der Waals surface area contributed by atoms with Crippen LogP contribution in [0.25, 0.3) is 0 Å². The average molecular weight is 278 g/mol. The molecule has 1 N–H and O–H groups in total. The molecule has 0 aliphatic carbocycles. The smallest absolute Gasteiger partial charge is 0.239 e. The summed E-state index contributed by atoms with van der Waals surface area (Å²) in [5, 5.41) is 3.19. The van der Waals surface area contributed by atoms with Gasteiger partial charge < -0.3 is 19.7 Å². The van der Waals surface area contributed by atoms with Gasteiger partial charge in [0.05, 0.1) is 19.3 Å². The van der Waals surface area contributed by atoms with Crippen LogP contribution >= 0.6 is 0 Å². The van der Waals surface area contributed by atoms with Gasteiger partial charge in [-0.3, -0.25) is 4.79 Å². The van der Waals surface area contributed by atoms with Crippen LogP contribution in [0.15, 0.2) is 30.3 Å². The highest BCUT2D eigenvalue weighted by molar-refractivity contribution is 5.81. The van der Waals surface area contributed by atoms with Gasteiger partial charge in [-0.2, -0.15) is 0 Å². The fourth-order valence-electron chi connectivity index (χ4n) is 2.11. The zero-order valence-corrected chi connectivity index (χ0v) is 11.9. The van der Waals surface area contributed by atoms with Gasteiger partial charge in [0.25, 0.3) is 0 Å². The maximum absolute atomic E-state index is 12.1. The summed E-state index contributed by atoms with van der Waals surface area (Å²) in [7, 11) is 0.